The van der Waals surface area contributed by atoms with Crippen LogP contribution in [0.5, 0.6) is 0 Å². The van der Waals surface area contributed by atoms with E-state index in [-0.39, 0.29) is 0 Å². The van der Waals surface area contributed by atoms with Crippen molar-refractivity contribution in [1.29, 1.82) is 0 Å². The molecule has 100 valence electrons. The molecule has 1 N–H and O–H groups in total. The third kappa shape index (κ3) is 3.19. The molecule has 0 spiro atoms. The van der Waals surface area contributed by atoms with E-state index in [1.165, 1.54) is 6.42 Å². The lowest BCUT2D eigenvalue weighted by Crippen LogP contribution is -2.39. The third-order valence-corrected chi connectivity index (χ3v) is 3.89. The van der Waals surface area contributed by atoms with E-state index >= 15 is 0 Å². The van der Waals surface area contributed by atoms with E-state index < -0.39 is 0 Å². The van der Waals surface area contributed by atoms with E-state index in [4.69, 9.17) is 0 Å². The number of hydrogen-bond acceptors (Lipinski definition) is 4. The summed E-state index contributed by atoms with van der Waals surface area (Å²) in [6.45, 7) is 10.7. The van der Waals surface area contributed by atoms with Crippen molar-refractivity contribution in [2.45, 2.75) is 33.7 Å². The Hall–Kier alpha value is -1.16. The van der Waals surface area contributed by atoms with Gasteiger partial charge in [-0.15, -0.1) is 0 Å². The summed E-state index contributed by atoms with van der Waals surface area (Å²) in [5.74, 6) is 2.42. The third-order valence-electron chi connectivity index (χ3n) is 3.89. The zero-order chi connectivity index (χ0) is 13.0. The standard InChI is InChI=1S/C14H24N4/c1-4-15-7-13-8-16-14(17-9-13)18-6-5-11(2)12(3)10-18/h8-9,11-12,15H,4-7,10H2,1-3H3. The zero-order valence-corrected chi connectivity index (χ0v) is 11.7. The molecule has 0 aliphatic carbocycles. The van der Waals surface area contributed by atoms with E-state index in [1.54, 1.807) is 0 Å². The van der Waals surface area contributed by atoms with Gasteiger partial charge in [0.15, 0.2) is 0 Å². The van der Waals surface area contributed by atoms with Crippen LogP contribution >= 0.6 is 0 Å². The molecule has 1 aromatic rings. The molecule has 0 bridgehead atoms. The summed E-state index contributed by atoms with van der Waals surface area (Å²) >= 11 is 0. The molecule has 1 aliphatic rings. The summed E-state index contributed by atoms with van der Waals surface area (Å²) in [6, 6.07) is 0. The van der Waals surface area contributed by atoms with Gasteiger partial charge in [-0.1, -0.05) is 20.8 Å². The molecule has 2 unspecified atom stereocenters. The summed E-state index contributed by atoms with van der Waals surface area (Å²) in [6.07, 6.45) is 5.12. The predicted molar refractivity (Wildman–Crippen MR) is 74.6 cm³/mol. The van der Waals surface area contributed by atoms with Crippen LogP contribution < -0.4 is 10.2 Å². The molecule has 2 rings (SSSR count). The van der Waals surface area contributed by atoms with Gasteiger partial charge in [0, 0.05) is 37.6 Å². The number of nitrogens with one attached hydrogen (secondary N) is 1. The van der Waals surface area contributed by atoms with Crippen molar-refractivity contribution in [1.82, 2.24) is 15.3 Å². The maximum atomic E-state index is 4.49. The van der Waals surface area contributed by atoms with Crippen LogP contribution in [0.4, 0.5) is 5.95 Å². The Morgan fingerprint density at radius 2 is 2.00 bits per heavy atom. The van der Waals surface area contributed by atoms with Crippen molar-refractivity contribution in [3.8, 4) is 0 Å². The van der Waals surface area contributed by atoms with Gasteiger partial charge in [-0.3, -0.25) is 0 Å². The van der Waals surface area contributed by atoms with E-state index in [0.717, 1.165) is 49.5 Å². The predicted octanol–water partition coefficient (Wildman–Crippen LogP) is 2.07. The van der Waals surface area contributed by atoms with Crippen LogP contribution in [0.15, 0.2) is 12.4 Å². The quantitative estimate of drug-likeness (QED) is 0.885. The Balaban J connectivity index is 1.97. The van der Waals surface area contributed by atoms with Crippen LogP contribution in [0.1, 0.15) is 32.8 Å². The molecular weight excluding hydrogens is 224 g/mol. The first-order valence-electron chi connectivity index (χ1n) is 6.97. The Morgan fingerprint density at radius 3 is 2.61 bits per heavy atom. The normalized spacial score (nSPS) is 24.3. The molecular formula is C14H24N4. The maximum absolute atomic E-state index is 4.49. The first-order valence-corrected chi connectivity index (χ1v) is 6.97. The highest BCUT2D eigenvalue weighted by Gasteiger charge is 2.23. The molecule has 2 atom stereocenters. The Labute approximate surface area is 110 Å². The van der Waals surface area contributed by atoms with E-state index in [2.05, 4.69) is 41.0 Å². The molecule has 4 heteroatoms. The molecule has 4 nitrogen and oxygen atoms in total. The van der Waals surface area contributed by atoms with Crippen LogP contribution in [0.3, 0.4) is 0 Å². The number of aromatic nitrogens is 2. The minimum Gasteiger partial charge on any atom is -0.341 e. The highest BCUT2D eigenvalue weighted by molar-refractivity contribution is 5.30. The van der Waals surface area contributed by atoms with Gasteiger partial charge in [-0.2, -0.15) is 0 Å². The molecule has 0 amide bonds. The monoisotopic (exact) mass is 248 g/mol. The van der Waals surface area contributed by atoms with Gasteiger partial charge in [0.1, 0.15) is 0 Å². The van der Waals surface area contributed by atoms with Gasteiger partial charge >= 0.3 is 0 Å². The van der Waals surface area contributed by atoms with Crippen molar-refractivity contribution in [2.75, 3.05) is 24.5 Å². The maximum Gasteiger partial charge on any atom is 0.225 e. The van der Waals surface area contributed by atoms with Crippen LogP contribution in [-0.2, 0) is 6.54 Å². The van der Waals surface area contributed by atoms with Gasteiger partial charge in [-0.05, 0) is 24.8 Å². The SMILES string of the molecule is CCNCc1cnc(N2CCC(C)C(C)C2)nc1. The molecule has 1 saturated heterocycles. The van der Waals surface area contributed by atoms with Crippen molar-refractivity contribution < 1.29 is 0 Å². The van der Waals surface area contributed by atoms with Gasteiger partial charge in [0.2, 0.25) is 5.95 Å². The summed E-state index contributed by atoms with van der Waals surface area (Å²) in [5.41, 5.74) is 1.15. The zero-order valence-electron chi connectivity index (χ0n) is 11.7. The average Bonchev–Trinajstić information content (AvgIpc) is 2.40. The first kappa shape index (κ1) is 13.3. The minimum absolute atomic E-state index is 0.726. The van der Waals surface area contributed by atoms with Crippen molar-refractivity contribution in [3.63, 3.8) is 0 Å². The lowest BCUT2D eigenvalue weighted by Gasteiger charge is -2.35. The van der Waals surface area contributed by atoms with E-state index in [1.807, 2.05) is 12.4 Å². The van der Waals surface area contributed by atoms with Gasteiger partial charge in [0.25, 0.3) is 0 Å². The second-order valence-electron chi connectivity index (χ2n) is 5.36. The Bertz CT molecular complexity index is 363. The lowest BCUT2D eigenvalue weighted by atomic mass is 9.89. The fourth-order valence-electron chi connectivity index (χ4n) is 2.32. The summed E-state index contributed by atoms with van der Waals surface area (Å²) in [4.78, 5) is 11.3. The number of nitrogens with zero attached hydrogens (tertiary/aromatic N) is 3. The molecule has 18 heavy (non-hydrogen) atoms. The molecule has 1 aliphatic heterocycles. The topological polar surface area (TPSA) is 41.1 Å². The van der Waals surface area contributed by atoms with Crippen LogP contribution in [0, 0.1) is 11.8 Å². The molecule has 2 heterocycles. The smallest absolute Gasteiger partial charge is 0.225 e. The average molecular weight is 248 g/mol. The molecule has 0 radical (unpaired) electrons. The molecule has 1 fully saturated rings. The second kappa shape index (κ2) is 6.14. The van der Waals surface area contributed by atoms with Crippen LogP contribution in [0.25, 0.3) is 0 Å². The molecule has 0 saturated carbocycles. The van der Waals surface area contributed by atoms with Crippen LogP contribution in [-0.4, -0.2) is 29.6 Å². The number of piperidine rings is 1. The highest BCUT2D eigenvalue weighted by atomic mass is 15.3. The summed E-state index contributed by atoms with van der Waals surface area (Å²) in [5, 5.41) is 3.28. The van der Waals surface area contributed by atoms with E-state index in [0.29, 0.717) is 0 Å². The lowest BCUT2D eigenvalue weighted by molar-refractivity contribution is 0.321. The number of rotatable bonds is 4. The highest BCUT2D eigenvalue weighted by Crippen LogP contribution is 2.24. The summed E-state index contributed by atoms with van der Waals surface area (Å²) < 4.78 is 0. The van der Waals surface area contributed by atoms with Crippen molar-refractivity contribution >= 4 is 5.95 Å². The summed E-state index contributed by atoms with van der Waals surface area (Å²) in [7, 11) is 0. The van der Waals surface area contributed by atoms with Gasteiger partial charge in [0.05, 0.1) is 0 Å². The minimum atomic E-state index is 0.726. The largest absolute Gasteiger partial charge is 0.341 e. The van der Waals surface area contributed by atoms with Crippen molar-refractivity contribution in [2.24, 2.45) is 11.8 Å². The van der Waals surface area contributed by atoms with Crippen LogP contribution in [0.2, 0.25) is 0 Å². The number of anilines is 1. The molecule has 0 aromatic carbocycles. The van der Waals surface area contributed by atoms with E-state index in [9.17, 15) is 0 Å². The Kier molecular flexibility index (Phi) is 4.53. The van der Waals surface area contributed by atoms with Crippen molar-refractivity contribution in [3.05, 3.63) is 18.0 Å². The number of hydrogen-bond donors (Lipinski definition) is 1. The second-order valence-corrected chi connectivity index (χ2v) is 5.36. The first-order chi connectivity index (χ1) is 8.70. The Morgan fingerprint density at radius 1 is 1.28 bits per heavy atom. The fraction of sp³-hybridized carbons (Fsp3) is 0.714. The van der Waals surface area contributed by atoms with Gasteiger partial charge < -0.3 is 10.2 Å². The fourth-order valence-corrected chi connectivity index (χ4v) is 2.32. The van der Waals surface area contributed by atoms with Gasteiger partial charge in [-0.25, -0.2) is 9.97 Å². The molecule has 1 aromatic heterocycles.